The van der Waals surface area contributed by atoms with E-state index in [2.05, 4.69) is 10.3 Å². The molecule has 0 aromatic carbocycles. The lowest BCUT2D eigenvalue weighted by Crippen LogP contribution is -2.27. The molecule has 1 heterocycles. The molecular formula is C11H14N2O4S. The molecule has 7 heteroatoms. The number of carboxylic acids is 1. The number of carbonyl (C=O) groups is 2. The molecule has 18 heavy (non-hydrogen) atoms. The SMILES string of the molecule is CC(C)(C)OC(=O)Nc1ncc(C=CC(=O)O)s1. The number of ether oxygens (including phenoxy) is 1. The summed E-state index contributed by atoms with van der Waals surface area (Å²) in [5.74, 6) is -1.04. The highest BCUT2D eigenvalue weighted by molar-refractivity contribution is 7.16. The standard InChI is InChI=1S/C11H14N2O4S/c1-11(2,3)17-10(16)13-9-12-6-7(18-9)4-5-8(14)15/h4-6H,1-3H3,(H,14,15)(H,12,13,16). The third-order valence-electron chi connectivity index (χ3n) is 1.52. The van der Waals surface area contributed by atoms with Crippen LogP contribution >= 0.6 is 11.3 Å². The van der Waals surface area contributed by atoms with Gasteiger partial charge in [-0.05, 0) is 26.8 Å². The fraction of sp³-hybridized carbons (Fsp3) is 0.364. The quantitative estimate of drug-likeness (QED) is 0.824. The second kappa shape index (κ2) is 5.63. The van der Waals surface area contributed by atoms with Crippen molar-refractivity contribution in [3.05, 3.63) is 17.2 Å². The summed E-state index contributed by atoms with van der Waals surface area (Å²) in [4.78, 5) is 26.3. The Morgan fingerprint density at radius 1 is 1.50 bits per heavy atom. The van der Waals surface area contributed by atoms with Gasteiger partial charge in [0.1, 0.15) is 5.60 Å². The van der Waals surface area contributed by atoms with Gasteiger partial charge in [-0.1, -0.05) is 11.3 Å². The summed E-state index contributed by atoms with van der Waals surface area (Å²) in [5, 5.41) is 11.3. The first-order valence-electron chi connectivity index (χ1n) is 5.13. The third-order valence-corrected chi connectivity index (χ3v) is 2.40. The van der Waals surface area contributed by atoms with Crippen LogP contribution in [0.15, 0.2) is 12.3 Å². The van der Waals surface area contributed by atoms with Crippen LogP contribution in [-0.2, 0) is 9.53 Å². The van der Waals surface area contributed by atoms with Gasteiger partial charge in [-0.2, -0.15) is 0 Å². The van der Waals surface area contributed by atoms with E-state index < -0.39 is 17.7 Å². The fourth-order valence-corrected chi connectivity index (χ4v) is 1.67. The van der Waals surface area contributed by atoms with Crippen molar-refractivity contribution in [3.63, 3.8) is 0 Å². The molecule has 0 saturated heterocycles. The molecule has 0 aliphatic rings. The molecule has 0 fully saturated rings. The first kappa shape index (κ1) is 14.2. The average molecular weight is 270 g/mol. The summed E-state index contributed by atoms with van der Waals surface area (Å²) < 4.78 is 5.05. The zero-order valence-electron chi connectivity index (χ0n) is 10.3. The number of thiazole rings is 1. The van der Waals surface area contributed by atoms with E-state index in [4.69, 9.17) is 9.84 Å². The molecule has 0 saturated carbocycles. The van der Waals surface area contributed by atoms with Gasteiger partial charge in [-0.25, -0.2) is 14.6 Å². The summed E-state index contributed by atoms with van der Waals surface area (Å²) in [6.45, 7) is 5.28. The first-order valence-corrected chi connectivity index (χ1v) is 5.95. The minimum absolute atomic E-state index is 0.356. The smallest absolute Gasteiger partial charge is 0.413 e. The minimum atomic E-state index is -1.04. The molecule has 0 spiro atoms. The van der Waals surface area contributed by atoms with Crippen LogP contribution in [0.2, 0.25) is 0 Å². The van der Waals surface area contributed by atoms with E-state index >= 15 is 0 Å². The van der Waals surface area contributed by atoms with Crippen molar-refractivity contribution in [2.75, 3.05) is 5.32 Å². The van der Waals surface area contributed by atoms with Crippen molar-refractivity contribution in [3.8, 4) is 0 Å². The van der Waals surface area contributed by atoms with Gasteiger partial charge in [0.15, 0.2) is 5.13 Å². The molecule has 0 radical (unpaired) electrons. The Kier molecular flexibility index (Phi) is 4.43. The number of rotatable bonds is 3. The Balaban J connectivity index is 2.59. The molecule has 6 nitrogen and oxygen atoms in total. The summed E-state index contributed by atoms with van der Waals surface area (Å²) in [6, 6.07) is 0. The molecule has 0 aliphatic heterocycles. The van der Waals surface area contributed by atoms with Gasteiger partial charge >= 0.3 is 12.1 Å². The number of hydrogen-bond donors (Lipinski definition) is 2. The Bertz CT molecular complexity index is 474. The Labute approximate surface area is 108 Å². The highest BCUT2D eigenvalue weighted by atomic mass is 32.1. The van der Waals surface area contributed by atoms with Crippen molar-refractivity contribution in [1.82, 2.24) is 4.98 Å². The Morgan fingerprint density at radius 3 is 2.72 bits per heavy atom. The van der Waals surface area contributed by atoms with Gasteiger partial charge in [0, 0.05) is 17.2 Å². The monoisotopic (exact) mass is 270 g/mol. The topological polar surface area (TPSA) is 88.5 Å². The lowest BCUT2D eigenvalue weighted by atomic mass is 10.2. The zero-order chi connectivity index (χ0) is 13.8. The highest BCUT2D eigenvalue weighted by Crippen LogP contribution is 2.20. The fourth-order valence-electron chi connectivity index (χ4n) is 0.966. The molecule has 98 valence electrons. The first-order chi connectivity index (χ1) is 8.26. The van der Waals surface area contributed by atoms with E-state index in [9.17, 15) is 9.59 Å². The van der Waals surface area contributed by atoms with Gasteiger partial charge in [-0.15, -0.1) is 0 Å². The normalized spacial score (nSPS) is 11.5. The van der Waals surface area contributed by atoms with Gasteiger partial charge in [-0.3, -0.25) is 5.32 Å². The van der Waals surface area contributed by atoms with E-state index in [1.54, 1.807) is 20.8 Å². The number of aromatic nitrogens is 1. The van der Waals surface area contributed by atoms with Crippen LogP contribution < -0.4 is 5.32 Å². The number of carbonyl (C=O) groups excluding carboxylic acids is 1. The maximum Gasteiger partial charge on any atom is 0.413 e. The van der Waals surface area contributed by atoms with Gasteiger partial charge in [0.25, 0.3) is 0 Å². The maximum atomic E-state index is 11.4. The van der Waals surface area contributed by atoms with E-state index in [0.717, 1.165) is 17.4 Å². The van der Waals surface area contributed by atoms with E-state index in [-0.39, 0.29) is 0 Å². The number of nitrogens with zero attached hydrogens (tertiary/aromatic N) is 1. The second-order valence-corrected chi connectivity index (χ2v) is 5.43. The Hall–Kier alpha value is -1.89. The molecule has 1 rings (SSSR count). The molecule has 0 bridgehead atoms. The van der Waals surface area contributed by atoms with Gasteiger partial charge in [0.05, 0.1) is 0 Å². The summed E-state index contributed by atoms with van der Waals surface area (Å²) in [7, 11) is 0. The van der Waals surface area contributed by atoms with E-state index in [0.29, 0.717) is 10.0 Å². The van der Waals surface area contributed by atoms with Crippen LogP contribution in [0.3, 0.4) is 0 Å². The molecule has 1 aromatic heterocycles. The molecule has 1 aromatic rings. The van der Waals surface area contributed by atoms with Crippen LogP contribution in [0.5, 0.6) is 0 Å². The molecular weight excluding hydrogens is 256 g/mol. The number of anilines is 1. The van der Waals surface area contributed by atoms with Crippen molar-refractivity contribution in [2.45, 2.75) is 26.4 Å². The average Bonchev–Trinajstić information content (AvgIpc) is 2.59. The predicted octanol–water partition coefficient (Wildman–Crippen LogP) is 2.59. The zero-order valence-corrected chi connectivity index (χ0v) is 11.1. The molecule has 0 unspecified atom stereocenters. The van der Waals surface area contributed by atoms with Crippen molar-refractivity contribution >= 4 is 34.6 Å². The predicted molar refractivity (Wildman–Crippen MR) is 68.6 cm³/mol. The Morgan fingerprint density at radius 2 is 2.17 bits per heavy atom. The summed E-state index contributed by atoms with van der Waals surface area (Å²) in [6.07, 6.45) is 3.28. The van der Waals surface area contributed by atoms with Gasteiger partial charge < -0.3 is 9.84 Å². The van der Waals surface area contributed by atoms with Crippen LogP contribution in [0.25, 0.3) is 6.08 Å². The van der Waals surface area contributed by atoms with E-state index in [1.165, 1.54) is 12.3 Å². The highest BCUT2D eigenvalue weighted by Gasteiger charge is 2.16. The minimum Gasteiger partial charge on any atom is -0.478 e. The number of aliphatic carboxylic acids is 1. The van der Waals surface area contributed by atoms with E-state index in [1.807, 2.05) is 0 Å². The number of amides is 1. The van der Waals surface area contributed by atoms with Gasteiger partial charge in [0.2, 0.25) is 0 Å². The van der Waals surface area contributed by atoms with Crippen molar-refractivity contribution in [2.24, 2.45) is 0 Å². The number of nitrogens with one attached hydrogen (secondary N) is 1. The lowest BCUT2D eigenvalue weighted by Gasteiger charge is -2.18. The number of hydrogen-bond acceptors (Lipinski definition) is 5. The van der Waals surface area contributed by atoms with Crippen molar-refractivity contribution in [1.29, 1.82) is 0 Å². The number of carboxylic acid groups (broad SMARTS) is 1. The molecule has 2 N–H and O–H groups in total. The molecule has 0 atom stereocenters. The largest absolute Gasteiger partial charge is 0.478 e. The summed E-state index contributed by atoms with van der Waals surface area (Å²) >= 11 is 1.16. The lowest BCUT2D eigenvalue weighted by molar-refractivity contribution is -0.131. The van der Waals surface area contributed by atoms with Crippen LogP contribution in [0.4, 0.5) is 9.93 Å². The van der Waals surface area contributed by atoms with Crippen LogP contribution in [-0.4, -0.2) is 27.8 Å². The second-order valence-electron chi connectivity index (χ2n) is 4.37. The van der Waals surface area contributed by atoms with Crippen molar-refractivity contribution < 1.29 is 19.4 Å². The van der Waals surface area contributed by atoms with Crippen LogP contribution in [0.1, 0.15) is 25.6 Å². The summed E-state index contributed by atoms with van der Waals surface area (Å²) in [5.41, 5.74) is -0.576. The third kappa shape index (κ3) is 5.44. The molecule has 0 aliphatic carbocycles. The van der Waals surface area contributed by atoms with Crippen LogP contribution in [0, 0.1) is 0 Å². The molecule has 1 amide bonds. The maximum absolute atomic E-state index is 11.4.